The molecule has 0 spiro atoms. The predicted octanol–water partition coefficient (Wildman–Crippen LogP) is 4.76. The highest BCUT2D eigenvalue weighted by molar-refractivity contribution is 7.99. The molecule has 4 rings (SSSR count). The van der Waals surface area contributed by atoms with Crippen LogP contribution in [0.3, 0.4) is 0 Å². The lowest BCUT2D eigenvalue weighted by Crippen LogP contribution is -2.30. The van der Waals surface area contributed by atoms with Gasteiger partial charge in [0.25, 0.3) is 0 Å². The first-order valence-corrected chi connectivity index (χ1v) is 12.2. The molecule has 0 fully saturated rings. The lowest BCUT2D eigenvalue weighted by Gasteiger charge is -2.19. The van der Waals surface area contributed by atoms with Crippen molar-refractivity contribution in [2.75, 3.05) is 24.3 Å². The minimum absolute atomic E-state index is 0.0870. The second kappa shape index (κ2) is 10.3. The molecule has 0 bridgehead atoms. The van der Waals surface area contributed by atoms with Gasteiger partial charge in [0.1, 0.15) is 0 Å². The van der Waals surface area contributed by atoms with Crippen molar-refractivity contribution >= 4 is 23.4 Å². The predicted molar refractivity (Wildman–Crippen MR) is 130 cm³/mol. The van der Waals surface area contributed by atoms with E-state index in [1.165, 1.54) is 17.3 Å². The second-order valence-electron chi connectivity index (χ2n) is 8.47. The van der Waals surface area contributed by atoms with Gasteiger partial charge in [0, 0.05) is 18.8 Å². The molecule has 33 heavy (non-hydrogen) atoms. The van der Waals surface area contributed by atoms with E-state index in [4.69, 9.17) is 9.47 Å². The van der Waals surface area contributed by atoms with E-state index < -0.39 is 0 Å². The maximum atomic E-state index is 13.0. The van der Waals surface area contributed by atoms with E-state index in [-0.39, 0.29) is 12.0 Å². The van der Waals surface area contributed by atoms with E-state index in [2.05, 4.69) is 34.7 Å². The monoisotopic (exact) mass is 466 g/mol. The lowest BCUT2D eigenvalue weighted by atomic mass is 10.2. The fourth-order valence-electron chi connectivity index (χ4n) is 4.01. The van der Waals surface area contributed by atoms with Gasteiger partial charge in [0.2, 0.25) is 5.91 Å². The Labute approximate surface area is 199 Å². The van der Waals surface area contributed by atoms with Gasteiger partial charge in [-0.1, -0.05) is 55.9 Å². The van der Waals surface area contributed by atoms with Crippen LogP contribution in [0.5, 0.6) is 11.5 Å². The quantitative estimate of drug-likeness (QED) is 0.424. The maximum absolute atomic E-state index is 13.0. The Morgan fingerprint density at radius 1 is 1.06 bits per heavy atom. The second-order valence-corrected chi connectivity index (χ2v) is 9.41. The summed E-state index contributed by atoms with van der Waals surface area (Å²) < 4.78 is 13.6. The smallest absolute Gasteiger partial charge is 0.237 e. The number of hydrogen-bond acceptors (Lipinski definition) is 6. The van der Waals surface area contributed by atoms with Crippen LogP contribution in [0.25, 0.3) is 0 Å². The van der Waals surface area contributed by atoms with Crippen LogP contribution in [0.15, 0.2) is 53.7 Å². The van der Waals surface area contributed by atoms with Gasteiger partial charge in [-0.15, -0.1) is 10.2 Å². The number of rotatable bonds is 9. The number of ether oxygens (including phenoxy) is 2. The maximum Gasteiger partial charge on any atom is 0.237 e. The number of aromatic nitrogens is 3. The largest absolute Gasteiger partial charge is 0.493 e. The van der Waals surface area contributed by atoms with Crippen molar-refractivity contribution in [3.63, 3.8) is 0 Å². The van der Waals surface area contributed by atoms with Crippen molar-refractivity contribution < 1.29 is 14.3 Å². The molecule has 3 aromatic rings. The number of carbonyl (C=O) groups excluding carboxylic acids is 1. The molecule has 0 saturated heterocycles. The Hall–Kier alpha value is -3.00. The molecule has 2 aromatic carbocycles. The molecule has 1 unspecified atom stereocenters. The van der Waals surface area contributed by atoms with Gasteiger partial charge >= 0.3 is 0 Å². The summed E-state index contributed by atoms with van der Waals surface area (Å²) in [6, 6.07) is 15.7. The summed E-state index contributed by atoms with van der Waals surface area (Å²) in [5.74, 6) is 2.85. The molecule has 7 nitrogen and oxygen atoms in total. The van der Waals surface area contributed by atoms with Crippen molar-refractivity contribution in [2.45, 2.75) is 45.0 Å². The number of anilines is 1. The summed E-state index contributed by atoms with van der Waals surface area (Å²) in [6.45, 7) is 7.72. The van der Waals surface area contributed by atoms with Gasteiger partial charge in [0.05, 0.1) is 12.9 Å². The standard InChI is InChI=1S/C25H30N4O3S/c1-17(2)15-29-24(18(3)32-22-12-8-7-11-21(22)31-4)26-27-25(29)33-16-23(30)28-14-13-19-9-5-6-10-20(19)28/h5-12,17-18H,13-16H2,1-4H3. The van der Waals surface area contributed by atoms with Gasteiger partial charge in [-0.05, 0) is 43.0 Å². The molecule has 0 N–H and O–H groups in total. The molecule has 174 valence electrons. The average molecular weight is 467 g/mol. The topological polar surface area (TPSA) is 69.5 Å². The number of hydrogen-bond donors (Lipinski definition) is 0. The summed E-state index contributed by atoms with van der Waals surface area (Å²) in [5.41, 5.74) is 2.25. The highest BCUT2D eigenvalue weighted by atomic mass is 32.2. The number of nitrogens with zero attached hydrogens (tertiary/aromatic N) is 4. The van der Waals surface area contributed by atoms with Crippen LogP contribution in [0.2, 0.25) is 0 Å². The Kier molecular flexibility index (Phi) is 7.23. The fraction of sp³-hybridized carbons (Fsp3) is 0.400. The Bertz CT molecular complexity index is 1110. The molecular formula is C25H30N4O3S. The van der Waals surface area contributed by atoms with Crippen molar-refractivity contribution in [3.8, 4) is 11.5 Å². The minimum atomic E-state index is -0.330. The van der Waals surface area contributed by atoms with Crippen LogP contribution in [-0.2, 0) is 17.8 Å². The van der Waals surface area contributed by atoms with E-state index in [1.54, 1.807) is 7.11 Å². The third-order valence-corrected chi connectivity index (χ3v) is 6.49. The fourth-order valence-corrected chi connectivity index (χ4v) is 4.84. The number of para-hydroxylation sites is 3. The van der Waals surface area contributed by atoms with Gasteiger partial charge in [-0.25, -0.2) is 0 Å². The highest BCUT2D eigenvalue weighted by Gasteiger charge is 2.26. The van der Waals surface area contributed by atoms with Crippen LogP contribution < -0.4 is 14.4 Å². The Morgan fingerprint density at radius 2 is 1.79 bits per heavy atom. The molecule has 1 atom stereocenters. The minimum Gasteiger partial charge on any atom is -0.493 e. The average Bonchev–Trinajstić information content (AvgIpc) is 3.42. The molecule has 1 aliphatic rings. The summed E-state index contributed by atoms with van der Waals surface area (Å²) in [4.78, 5) is 14.9. The molecule has 8 heteroatoms. The normalized spacial score (nSPS) is 13.8. The zero-order valence-electron chi connectivity index (χ0n) is 19.5. The van der Waals surface area contributed by atoms with Crippen LogP contribution >= 0.6 is 11.8 Å². The van der Waals surface area contributed by atoms with Crippen LogP contribution in [0.4, 0.5) is 5.69 Å². The SMILES string of the molecule is COc1ccccc1OC(C)c1nnc(SCC(=O)N2CCc3ccccc32)n1CC(C)C. The molecule has 2 heterocycles. The summed E-state index contributed by atoms with van der Waals surface area (Å²) >= 11 is 1.43. The zero-order valence-corrected chi connectivity index (χ0v) is 20.3. The van der Waals surface area contributed by atoms with Gasteiger partial charge < -0.3 is 18.9 Å². The van der Waals surface area contributed by atoms with Gasteiger partial charge in [-0.3, -0.25) is 4.79 Å². The van der Waals surface area contributed by atoms with E-state index in [1.807, 2.05) is 54.3 Å². The molecular weight excluding hydrogens is 436 g/mol. The van der Waals surface area contributed by atoms with Crippen molar-refractivity contribution in [1.29, 1.82) is 0 Å². The highest BCUT2D eigenvalue weighted by Crippen LogP contribution is 2.32. The van der Waals surface area contributed by atoms with E-state index >= 15 is 0 Å². The molecule has 1 amide bonds. The molecule has 0 aliphatic carbocycles. The summed E-state index contributed by atoms with van der Waals surface area (Å²) in [7, 11) is 1.62. The third-order valence-electron chi connectivity index (χ3n) is 5.54. The third kappa shape index (κ3) is 5.16. The Balaban J connectivity index is 1.49. The molecule has 0 radical (unpaired) electrons. The number of benzene rings is 2. The van der Waals surface area contributed by atoms with Crippen molar-refractivity contribution in [1.82, 2.24) is 14.8 Å². The first-order chi connectivity index (χ1) is 16.0. The van der Waals surface area contributed by atoms with Crippen LogP contribution in [0.1, 0.15) is 38.3 Å². The van der Waals surface area contributed by atoms with E-state index in [0.717, 1.165) is 36.2 Å². The van der Waals surface area contributed by atoms with Crippen LogP contribution in [0, 0.1) is 5.92 Å². The van der Waals surface area contributed by atoms with Crippen molar-refractivity contribution in [3.05, 3.63) is 59.9 Å². The number of thioether (sulfide) groups is 1. The van der Waals surface area contributed by atoms with Crippen molar-refractivity contribution in [2.24, 2.45) is 5.92 Å². The van der Waals surface area contributed by atoms with E-state index in [0.29, 0.717) is 23.2 Å². The summed E-state index contributed by atoms with van der Waals surface area (Å²) in [5, 5.41) is 9.58. The summed E-state index contributed by atoms with van der Waals surface area (Å²) in [6.07, 6.45) is 0.570. The molecule has 1 aliphatic heterocycles. The lowest BCUT2D eigenvalue weighted by molar-refractivity contribution is -0.116. The van der Waals surface area contributed by atoms with E-state index in [9.17, 15) is 4.79 Å². The Morgan fingerprint density at radius 3 is 2.55 bits per heavy atom. The zero-order chi connectivity index (χ0) is 23.4. The van der Waals surface area contributed by atoms with Gasteiger partial charge in [0.15, 0.2) is 28.6 Å². The number of fused-ring (bicyclic) bond motifs is 1. The first kappa shape index (κ1) is 23.2. The molecule has 1 aromatic heterocycles. The first-order valence-electron chi connectivity index (χ1n) is 11.2. The number of methoxy groups -OCH3 is 1. The van der Waals surface area contributed by atoms with Crippen LogP contribution in [-0.4, -0.2) is 40.1 Å². The van der Waals surface area contributed by atoms with Gasteiger partial charge in [-0.2, -0.15) is 0 Å². The molecule has 0 saturated carbocycles. The number of carbonyl (C=O) groups is 1. The number of amides is 1.